The number of hydrogen-bond acceptors (Lipinski definition) is 4. The molecule has 0 bridgehead atoms. The molecule has 1 rings (SSSR count). The maximum Gasteiger partial charge on any atom is 0.0737 e. The monoisotopic (exact) mass is 569 g/mol. The van der Waals surface area contributed by atoms with E-state index in [0.717, 1.165) is 103 Å². The second kappa shape index (κ2) is 17.2. The van der Waals surface area contributed by atoms with Gasteiger partial charge in [0.25, 0.3) is 0 Å². The smallest absolute Gasteiger partial charge is 0.0737 e. The lowest BCUT2D eigenvalue weighted by atomic mass is 9.63. The van der Waals surface area contributed by atoms with E-state index >= 15 is 0 Å². The molecule has 0 heterocycles. The van der Waals surface area contributed by atoms with Gasteiger partial charge in [0.15, 0.2) is 0 Å². The van der Waals surface area contributed by atoms with Crippen molar-refractivity contribution in [2.24, 2.45) is 10.8 Å². The molecule has 1 aliphatic rings. The number of hydrogen-bond donors (Lipinski definition) is 1. The number of ether oxygens (including phenoxy) is 3. The summed E-state index contributed by atoms with van der Waals surface area (Å²) in [6, 6.07) is 0. The van der Waals surface area contributed by atoms with Crippen LogP contribution >= 0.6 is 0 Å². The van der Waals surface area contributed by atoms with Crippen molar-refractivity contribution < 1.29 is 19.3 Å². The normalized spacial score (nSPS) is 21.1. The molecule has 4 heteroatoms. The molecule has 1 saturated carbocycles. The molecule has 0 radical (unpaired) electrons. The van der Waals surface area contributed by atoms with Crippen LogP contribution < -0.4 is 0 Å². The first-order valence-corrected chi connectivity index (χ1v) is 17.7. The quantitative estimate of drug-likeness (QED) is 0.133. The largest absolute Gasteiger partial charge is 0.390 e. The molecular weight excluding hydrogens is 496 g/mol. The first-order valence-electron chi connectivity index (χ1n) is 17.7. The predicted octanol–water partition coefficient (Wildman–Crippen LogP) is 10.4. The zero-order chi connectivity index (χ0) is 30.5. The molecule has 1 fully saturated rings. The van der Waals surface area contributed by atoms with Crippen LogP contribution in [-0.2, 0) is 14.2 Å². The highest BCUT2D eigenvalue weighted by Crippen LogP contribution is 2.57. The van der Waals surface area contributed by atoms with Crippen LogP contribution in [0.15, 0.2) is 0 Å². The van der Waals surface area contributed by atoms with Gasteiger partial charge in [-0.05, 0) is 103 Å². The Bertz CT molecular complexity index is 656. The fraction of sp³-hybridized carbons (Fsp3) is 1.00. The van der Waals surface area contributed by atoms with Gasteiger partial charge in [-0.25, -0.2) is 0 Å². The van der Waals surface area contributed by atoms with E-state index in [1.54, 1.807) is 0 Å². The summed E-state index contributed by atoms with van der Waals surface area (Å²) >= 11 is 0. The van der Waals surface area contributed by atoms with Gasteiger partial charge in [0, 0.05) is 17.4 Å². The Morgan fingerprint density at radius 3 is 1.73 bits per heavy atom. The molecule has 4 nitrogen and oxygen atoms in total. The maximum atomic E-state index is 10.9. The van der Waals surface area contributed by atoms with Crippen molar-refractivity contribution in [3.8, 4) is 0 Å². The van der Waals surface area contributed by atoms with Crippen LogP contribution in [-0.4, -0.2) is 47.3 Å². The summed E-state index contributed by atoms with van der Waals surface area (Å²) in [5, 5.41) is 10.9. The molecule has 1 aliphatic carbocycles. The average molecular weight is 569 g/mol. The molecule has 40 heavy (non-hydrogen) atoms. The van der Waals surface area contributed by atoms with Gasteiger partial charge in [-0.1, -0.05) is 76.2 Å². The molecule has 0 aromatic rings. The fourth-order valence-corrected chi connectivity index (χ4v) is 8.66. The highest BCUT2D eigenvalue weighted by molar-refractivity contribution is 5.06. The Labute approximate surface area is 251 Å². The minimum Gasteiger partial charge on any atom is -0.390 e. The second-order valence-corrected chi connectivity index (χ2v) is 13.1. The topological polar surface area (TPSA) is 47.9 Å². The van der Waals surface area contributed by atoms with Gasteiger partial charge in [-0.15, -0.1) is 0 Å². The van der Waals surface area contributed by atoms with Gasteiger partial charge in [0.1, 0.15) is 0 Å². The summed E-state index contributed by atoms with van der Waals surface area (Å²) in [4.78, 5) is 0. The van der Waals surface area contributed by atoms with Gasteiger partial charge in [-0.3, -0.25) is 0 Å². The van der Waals surface area contributed by atoms with Crippen LogP contribution in [0.1, 0.15) is 179 Å². The third kappa shape index (κ3) is 8.06. The van der Waals surface area contributed by atoms with Crippen LogP contribution in [0.25, 0.3) is 0 Å². The standard InChI is InChI=1S/C36H72O4/c1-12-30(13-2)38-27-25-32(14-3,15-4)36(21-10,22-11)40-31-23-24-33(16-5,29-31)35(19-8,20-9)39-28-26-34(37,17-6)18-7/h30-31,37H,12-29H2,1-11H3. The van der Waals surface area contributed by atoms with E-state index in [1.807, 2.05) is 0 Å². The zero-order valence-electron chi connectivity index (χ0n) is 29.1. The Hall–Kier alpha value is -0.160. The Morgan fingerprint density at radius 2 is 1.30 bits per heavy atom. The lowest BCUT2D eigenvalue weighted by molar-refractivity contribution is -0.194. The Morgan fingerprint density at radius 1 is 0.725 bits per heavy atom. The van der Waals surface area contributed by atoms with Crippen LogP contribution in [0, 0.1) is 10.8 Å². The molecule has 0 amide bonds. The van der Waals surface area contributed by atoms with Crippen molar-refractivity contribution in [1.82, 2.24) is 0 Å². The highest BCUT2D eigenvalue weighted by Gasteiger charge is 2.56. The molecular formula is C36H72O4. The van der Waals surface area contributed by atoms with E-state index in [1.165, 1.54) is 0 Å². The molecule has 0 aromatic carbocycles. The minimum absolute atomic E-state index is 0.116. The maximum absolute atomic E-state index is 10.9. The van der Waals surface area contributed by atoms with Crippen molar-refractivity contribution in [2.75, 3.05) is 13.2 Å². The van der Waals surface area contributed by atoms with Crippen molar-refractivity contribution in [3.63, 3.8) is 0 Å². The van der Waals surface area contributed by atoms with Crippen molar-refractivity contribution in [2.45, 2.75) is 208 Å². The predicted molar refractivity (Wildman–Crippen MR) is 172 cm³/mol. The molecule has 1 N–H and O–H groups in total. The van der Waals surface area contributed by atoms with Crippen molar-refractivity contribution in [1.29, 1.82) is 0 Å². The van der Waals surface area contributed by atoms with E-state index in [-0.39, 0.29) is 28.1 Å². The molecule has 0 saturated heterocycles. The van der Waals surface area contributed by atoms with E-state index in [2.05, 4.69) is 76.2 Å². The highest BCUT2D eigenvalue weighted by atomic mass is 16.5. The van der Waals surface area contributed by atoms with Crippen LogP contribution in [0.5, 0.6) is 0 Å². The molecule has 2 unspecified atom stereocenters. The summed E-state index contributed by atoms with van der Waals surface area (Å²) in [7, 11) is 0. The van der Waals surface area contributed by atoms with E-state index in [4.69, 9.17) is 14.2 Å². The minimum atomic E-state index is -0.614. The molecule has 0 aromatic heterocycles. The van der Waals surface area contributed by atoms with Gasteiger partial charge in [0.2, 0.25) is 0 Å². The Balaban J connectivity index is 3.21. The van der Waals surface area contributed by atoms with Crippen LogP contribution in [0.4, 0.5) is 0 Å². The summed E-state index contributed by atoms with van der Waals surface area (Å²) in [5.41, 5.74) is -0.683. The zero-order valence-corrected chi connectivity index (χ0v) is 29.1. The fourth-order valence-electron chi connectivity index (χ4n) is 8.66. The van der Waals surface area contributed by atoms with Gasteiger partial charge in [-0.2, -0.15) is 0 Å². The number of rotatable bonds is 23. The third-order valence-corrected chi connectivity index (χ3v) is 12.3. The number of aliphatic hydroxyl groups is 1. The SMILES string of the molecule is CCC(CC)OCCC(CC)(CC)C(CC)(CC)OC1CCC(CC)(C(CC)(CC)OCCC(O)(CC)CC)C1. The van der Waals surface area contributed by atoms with Crippen LogP contribution in [0.3, 0.4) is 0 Å². The second-order valence-electron chi connectivity index (χ2n) is 13.1. The summed E-state index contributed by atoms with van der Waals surface area (Å²) in [5.74, 6) is 0. The van der Waals surface area contributed by atoms with Crippen molar-refractivity contribution in [3.05, 3.63) is 0 Å². The third-order valence-electron chi connectivity index (χ3n) is 12.3. The van der Waals surface area contributed by atoms with E-state index in [9.17, 15) is 5.11 Å². The summed E-state index contributed by atoms with van der Waals surface area (Å²) < 4.78 is 20.7. The average Bonchev–Trinajstić information content (AvgIpc) is 3.43. The van der Waals surface area contributed by atoms with Crippen LogP contribution in [0.2, 0.25) is 0 Å². The molecule has 240 valence electrons. The summed E-state index contributed by atoms with van der Waals surface area (Å²) in [6.45, 7) is 26.5. The van der Waals surface area contributed by atoms with E-state index in [0.29, 0.717) is 19.1 Å². The first kappa shape index (κ1) is 37.9. The van der Waals surface area contributed by atoms with Crippen molar-refractivity contribution >= 4 is 0 Å². The molecule has 0 spiro atoms. The lowest BCUT2D eigenvalue weighted by Crippen LogP contribution is -2.52. The van der Waals surface area contributed by atoms with Gasteiger partial charge < -0.3 is 19.3 Å². The van der Waals surface area contributed by atoms with E-state index < -0.39 is 5.60 Å². The Kier molecular flexibility index (Phi) is 16.3. The first-order chi connectivity index (χ1) is 19.0. The molecule has 2 atom stereocenters. The van der Waals surface area contributed by atoms with Gasteiger partial charge >= 0.3 is 0 Å². The lowest BCUT2D eigenvalue weighted by Gasteiger charge is -2.52. The van der Waals surface area contributed by atoms with Gasteiger partial charge in [0.05, 0.1) is 35.6 Å². The summed E-state index contributed by atoms with van der Waals surface area (Å²) in [6.07, 6.45) is 17.0. The molecule has 0 aliphatic heterocycles.